The average molecular weight is 501 g/mol. The van der Waals surface area contributed by atoms with Gasteiger partial charge >= 0.3 is 0 Å². The molecule has 1 atom stereocenters. The molecule has 0 saturated carbocycles. The third kappa shape index (κ3) is 8.49. The first-order valence-electron chi connectivity index (χ1n) is 13.1. The summed E-state index contributed by atoms with van der Waals surface area (Å²) in [5.74, 6) is 0.896. The summed E-state index contributed by atoms with van der Waals surface area (Å²) >= 11 is 0. The average Bonchev–Trinajstić information content (AvgIpc) is 2.88. The maximum atomic E-state index is 13.8. The van der Waals surface area contributed by atoms with Crippen molar-refractivity contribution in [3.63, 3.8) is 0 Å². The van der Waals surface area contributed by atoms with Gasteiger partial charge in [-0.25, -0.2) is 0 Å². The van der Waals surface area contributed by atoms with Crippen molar-refractivity contribution < 1.29 is 14.3 Å². The third-order valence-electron chi connectivity index (χ3n) is 6.28. The predicted octanol–water partition coefficient (Wildman–Crippen LogP) is 5.91. The first-order valence-corrected chi connectivity index (χ1v) is 13.1. The molecule has 0 unspecified atom stereocenters. The molecule has 0 bridgehead atoms. The molecule has 2 amide bonds. The number of carbonyl (C=O) groups is 2. The van der Waals surface area contributed by atoms with Crippen molar-refractivity contribution in [2.24, 2.45) is 5.92 Å². The van der Waals surface area contributed by atoms with Crippen LogP contribution in [0.2, 0.25) is 0 Å². The Morgan fingerprint density at radius 2 is 1.54 bits per heavy atom. The summed E-state index contributed by atoms with van der Waals surface area (Å²) in [6, 6.07) is 25.0. The van der Waals surface area contributed by atoms with Crippen molar-refractivity contribution in [1.82, 2.24) is 10.2 Å². The Hall–Kier alpha value is -3.60. The lowest BCUT2D eigenvalue weighted by Crippen LogP contribution is -2.52. The van der Waals surface area contributed by atoms with Gasteiger partial charge in [0.2, 0.25) is 5.91 Å². The molecule has 0 spiro atoms. The smallest absolute Gasteiger partial charge is 0.261 e. The predicted molar refractivity (Wildman–Crippen MR) is 150 cm³/mol. The van der Waals surface area contributed by atoms with Gasteiger partial charge < -0.3 is 15.0 Å². The van der Waals surface area contributed by atoms with Crippen LogP contribution in [0.5, 0.6) is 5.75 Å². The molecule has 5 heteroatoms. The van der Waals surface area contributed by atoms with E-state index in [1.54, 1.807) is 4.90 Å². The van der Waals surface area contributed by atoms with Crippen LogP contribution in [0, 0.1) is 12.8 Å². The topological polar surface area (TPSA) is 58.6 Å². The molecule has 0 saturated heterocycles. The normalized spacial score (nSPS) is 11.9. The highest BCUT2D eigenvalue weighted by Crippen LogP contribution is 2.26. The maximum Gasteiger partial charge on any atom is 0.261 e. The highest BCUT2D eigenvalue weighted by Gasteiger charge is 2.31. The second kappa shape index (κ2) is 13.6. The van der Waals surface area contributed by atoms with Crippen molar-refractivity contribution in [2.75, 3.05) is 13.2 Å². The summed E-state index contributed by atoms with van der Waals surface area (Å²) in [4.78, 5) is 29.0. The number of hydrogen-bond acceptors (Lipinski definition) is 3. The highest BCUT2D eigenvalue weighted by molar-refractivity contribution is 5.88. The zero-order valence-corrected chi connectivity index (χ0v) is 22.7. The van der Waals surface area contributed by atoms with Crippen LogP contribution in [0.15, 0.2) is 78.9 Å². The Labute approximate surface area is 221 Å². The van der Waals surface area contributed by atoms with Crippen LogP contribution in [0.1, 0.15) is 55.9 Å². The first-order chi connectivity index (χ1) is 17.7. The number of benzene rings is 3. The third-order valence-corrected chi connectivity index (χ3v) is 6.28. The number of carbonyl (C=O) groups excluding carboxylic acids is 2. The van der Waals surface area contributed by atoms with Crippen LogP contribution >= 0.6 is 0 Å². The quantitative estimate of drug-likeness (QED) is 0.336. The largest absolute Gasteiger partial charge is 0.483 e. The standard InChI is InChI=1S/C32H40N2O3/c1-23(2)20-33-32(36)29(19-26-13-7-6-8-14-26)34(21-27-15-11-12-25(5)18-27)31(35)22-37-30-17-10-9-16-28(30)24(3)4/h6-18,23-24,29H,19-22H2,1-5H3,(H,33,36)/t29-/m0/s1. The van der Waals surface area contributed by atoms with Crippen molar-refractivity contribution in [2.45, 2.75) is 59.5 Å². The fraction of sp³-hybridized carbons (Fsp3) is 0.375. The van der Waals surface area contributed by atoms with Gasteiger partial charge in [-0.05, 0) is 41.5 Å². The van der Waals surface area contributed by atoms with E-state index in [-0.39, 0.29) is 24.3 Å². The van der Waals surface area contributed by atoms with Gasteiger partial charge in [-0.3, -0.25) is 9.59 Å². The zero-order chi connectivity index (χ0) is 26.8. The fourth-order valence-corrected chi connectivity index (χ4v) is 4.30. The number of rotatable bonds is 12. The SMILES string of the molecule is Cc1cccc(CN(C(=O)COc2ccccc2C(C)C)[C@@H](Cc2ccccc2)C(=O)NCC(C)C)c1. The van der Waals surface area contributed by atoms with Crippen LogP contribution in [0.25, 0.3) is 0 Å². The summed E-state index contributed by atoms with van der Waals surface area (Å²) in [5.41, 5.74) is 4.14. The summed E-state index contributed by atoms with van der Waals surface area (Å²) in [5, 5.41) is 3.06. The van der Waals surface area contributed by atoms with Crippen LogP contribution < -0.4 is 10.1 Å². The second-order valence-electron chi connectivity index (χ2n) is 10.3. The molecule has 0 fully saturated rings. The van der Waals surface area contributed by atoms with Gasteiger partial charge in [0, 0.05) is 19.5 Å². The monoisotopic (exact) mass is 500 g/mol. The van der Waals surface area contributed by atoms with Crippen LogP contribution in [-0.2, 0) is 22.6 Å². The molecule has 37 heavy (non-hydrogen) atoms. The van der Waals surface area contributed by atoms with E-state index in [1.807, 2.05) is 79.7 Å². The summed E-state index contributed by atoms with van der Waals surface area (Å²) in [6.45, 7) is 11.1. The Kier molecular flexibility index (Phi) is 10.3. The van der Waals surface area contributed by atoms with Crippen LogP contribution in [0.4, 0.5) is 0 Å². The lowest BCUT2D eigenvalue weighted by molar-refractivity contribution is -0.142. The second-order valence-corrected chi connectivity index (χ2v) is 10.3. The molecule has 0 aliphatic carbocycles. The lowest BCUT2D eigenvalue weighted by atomic mass is 10.0. The Balaban J connectivity index is 1.92. The van der Waals surface area contributed by atoms with E-state index >= 15 is 0 Å². The van der Waals surface area contributed by atoms with E-state index in [0.29, 0.717) is 31.2 Å². The molecular formula is C32H40N2O3. The first kappa shape index (κ1) is 28.0. The van der Waals surface area contributed by atoms with Gasteiger partial charge in [0.05, 0.1) is 0 Å². The number of ether oxygens (including phenoxy) is 1. The van der Waals surface area contributed by atoms with Gasteiger partial charge in [-0.2, -0.15) is 0 Å². The van der Waals surface area contributed by atoms with Crippen molar-refractivity contribution >= 4 is 11.8 Å². The van der Waals surface area contributed by atoms with E-state index in [1.165, 1.54) is 0 Å². The molecule has 5 nitrogen and oxygen atoms in total. The lowest BCUT2D eigenvalue weighted by Gasteiger charge is -2.32. The molecule has 1 N–H and O–H groups in total. The Morgan fingerprint density at radius 3 is 2.22 bits per heavy atom. The number of amides is 2. The number of nitrogens with zero attached hydrogens (tertiary/aromatic N) is 1. The van der Waals surface area contributed by atoms with Gasteiger partial charge in [0.25, 0.3) is 5.91 Å². The minimum atomic E-state index is -0.668. The van der Waals surface area contributed by atoms with Gasteiger partial charge in [-0.1, -0.05) is 106 Å². The van der Waals surface area contributed by atoms with Crippen LogP contribution in [0.3, 0.4) is 0 Å². The van der Waals surface area contributed by atoms with Gasteiger partial charge in [0.1, 0.15) is 11.8 Å². The molecule has 196 valence electrons. The van der Waals surface area contributed by atoms with Crippen molar-refractivity contribution in [1.29, 1.82) is 0 Å². The highest BCUT2D eigenvalue weighted by atomic mass is 16.5. The summed E-state index contributed by atoms with van der Waals surface area (Å²) < 4.78 is 6.06. The summed E-state index contributed by atoms with van der Waals surface area (Å²) in [6.07, 6.45) is 0.422. The van der Waals surface area contributed by atoms with Crippen molar-refractivity contribution in [3.8, 4) is 5.75 Å². The molecule has 0 aliphatic heterocycles. The zero-order valence-electron chi connectivity index (χ0n) is 22.7. The van der Waals surface area contributed by atoms with E-state index in [2.05, 4.69) is 39.1 Å². The molecule has 0 radical (unpaired) electrons. The molecular weight excluding hydrogens is 460 g/mol. The van der Waals surface area contributed by atoms with Crippen LogP contribution in [-0.4, -0.2) is 35.9 Å². The minimum Gasteiger partial charge on any atom is -0.483 e. The number of aryl methyl sites for hydroxylation is 1. The maximum absolute atomic E-state index is 13.8. The molecule has 0 heterocycles. The molecule has 3 aromatic carbocycles. The Morgan fingerprint density at radius 1 is 0.865 bits per heavy atom. The fourth-order valence-electron chi connectivity index (χ4n) is 4.30. The van der Waals surface area contributed by atoms with E-state index in [4.69, 9.17) is 4.74 Å². The van der Waals surface area contributed by atoms with Gasteiger partial charge in [0.15, 0.2) is 6.61 Å². The van der Waals surface area contributed by atoms with E-state index in [0.717, 1.165) is 22.3 Å². The number of nitrogens with one attached hydrogen (secondary N) is 1. The molecule has 0 aromatic heterocycles. The molecule has 3 rings (SSSR count). The number of para-hydroxylation sites is 1. The van der Waals surface area contributed by atoms with Gasteiger partial charge in [-0.15, -0.1) is 0 Å². The number of hydrogen-bond donors (Lipinski definition) is 1. The Bertz CT molecular complexity index is 1160. The summed E-state index contributed by atoms with van der Waals surface area (Å²) in [7, 11) is 0. The molecule has 3 aromatic rings. The minimum absolute atomic E-state index is 0.141. The van der Waals surface area contributed by atoms with E-state index in [9.17, 15) is 9.59 Å². The van der Waals surface area contributed by atoms with E-state index < -0.39 is 6.04 Å². The molecule has 0 aliphatic rings. The van der Waals surface area contributed by atoms with Crippen molar-refractivity contribution in [3.05, 3.63) is 101 Å².